The van der Waals surface area contributed by atoms with Crippen molar-refractivity contribution in [1.82, 2.24) is 0 Å². The van der Waals surface area contributed by atoms with Crippen molar-refractivity contribution in [2.75, 3.05) is 6.61 Å². The van der Waals surface area contributed by atoms with Crippen LogP contribution in [-0.4, -0.2) is 64.6 Å². The lowest BCUT2D eigenvalue weighted by atomic mass is 10.0. The van der Waals surface area contributed by atoms with E-state index in [1.54, 1.807) is 97.1 Å². The van der Waals surface area contributed by atoms with Crippen molar-refractivity contribution in [3.63, 3.8) is 0 Å². The first-order chi connectivity index (χ1) is 21.4. The average Bonchev–Trinajstić information content (AvgIpc) is 3.07. The molecule has 0 aromatic heterocycles. The highest BCUT2D eigenvalue weighted by Gasteiger charge is 2.52. The first-order valence-corrected chi connectivity index (χ1v) is 14.7. The highest BCUT2D eigenvalue weighted by Crippen LogP contribution is 2.38. The maximum atomic E-state index is 13.3. The van der Waals surface area contributed by atoms with Gasteiger partial charge in [-0.1, -0.05) is 72.8 Å². The maximum absolute atomic E-state index is 13.3. The molecule has 224 valence electrons. The molecule has 1 N–H and O–H groups in total. The van der Waals surface area contributed by atoms with Crippen molar-refractivity contribution < 1.29 is 43.2 Å². The van der Waals surface area contributed by atoms with E-state index in [0.717, 1.165) is 11.8 Å². The van der Waals surface area contributed by atoms with Gasteiger partial charge in [-0.3, -0.25) is 0 Å². The predicted molar refractivity (Wildman–Crippen MR) is 161 cm³/mol. The first-order valence-electron chi connectivity index (χ1n) is 13.7. The summed E-state index contributed by atoms with van der Waals surface area (Å²) in [6.45, 7) is -0.319. The van der Waals surface area contributed by atoms with Gasteiger partial charge in [-0.2, -0.15) is 0 Å². The van der Waals surface area contributed by atoms with Gasteiger partial charge in [0.2, 0.25) is 0 Å². The molecule has 5 atom stereocenters. The van der Waals surface area contributed by atoms with E-state index in [1.807, 2.05) is 0 Å². The van der Waals surface area contributed by atoms with Crippen LogP contribution < -0.4 is 0 Å². The van der Waals surface area contributed by atoms with E-state index in [4.69, 9.17) is 18.9 Å². The largest absolute Gasteiger partial charge is 0.461 e. The molecule has 44 heavy (non-hydrogen) atoms. The summed E-state index contributed by atoms with van der Waals surface area (Å²) in [6, 6.07) is 32.6. The fraction of sp³-hybridized carbons (Fsp3) is 0.176. The van der Waals surface area contributed by atoms with Crippen LogP contribution in [0.2, 0.25) is 0 Å². The Labute approximate surface area is 257 Å². The number of hydrogen-bond acceptors (Lipinski definition) is 10. The lowest BCUT2D eigenvalue weighted by Gasteiger charge is -2.42. The van der Waals surface area contributed by atoms with Gasteiger partial charge in [-0.15, -0.1) is 11.8 Å². The number of aliphatic hydroxyl groups is 1. The molecule has 0 saturated carbocycles. The second-order valence-electron chi connectivity index (χ2n) is 9.74. The number of hydrogen-bond donors (Lipinski definition) is 1. The van der Waals surface area contributed by atoms with Crippen LogP contribution in [0.1, 0.15) is 41.4 Å². The molecule has 1 fully saturated rings. The minimum Gasteiger partial charge on any atom is -0.461 e. The van der Waals surface area contributed by atoms with Crippen LogP contribution in [0, 0.1) is 0 Å². The summed E-state index contributed by atoms with van der Waals surface area (Å²) < 4.78 is 23.0. The minimum absolute atomic E-state index is 0.188. The Morgan fingerprint density at radius 1 is 0.500 bits per heavy atom. The third kappa shape index (κ3) is 7.52. The Morgan fingerprint density at radius 2 is 0.841 bits per heavy atom. The quantitative estimate of drug-likeness (QED) is 0.205. The van der Waals surface area contributed by atoms with Crippen LogP contribution in [0.25, 0.3) is 0 Å². The lowest BCUT2D eigenvalue weighted by Crippen LogP contribution is -2.59. The van der Waals surface area contributed by atoms with Crippen molar-refractivity contribution in [3.8, 4) is 0 Å². The summed E-state index contributed by atoms with van der Waals surface area (Å²) in [7, 11) is 0. The summed E-state index contributed by atoms with van der Waals surface area (Å²) in [5.41, 5.74) is -0.533. The minimum atomic E-state index is -1.47. The SMILES string of the molecule is O=C(OC[C@@H]1S[C@H](O)[C@H](OC(=O)c2ccccc2)[C@@H](OC(=O)c2ccccc2)[C@@H]1OC(=O)c1ccccc1)c1ccccc1. The summed E-state index contributed by atoms with van der Waals surface area (Å²) in [5, 5.41) is 10.3. The third-order valence-corrected chi connectivity index (χ3v) is 8.06. The van der Waals surface area contributed by atoms with Crippen LogP contribution >= 0.6 is 11.8 Å². The van der Waals surface area contributed by atoms with Crippen molar-refractivity contribution in [1.29, 1.82) is 0 Å². The molecule has 1 aliphatic heterocycles. The summed E-state index contributed by atoms with van der Waals surface area (Å²) in [6.07, 6.45) is -4.23. The zero-order chi connectivity index (χ0) is 30.9. The molecular weight excluding hydrogens is 584 g/mol. The van der Waals surface area contributed by atoms with E-state index in [2.05, 4.69) is 0 Å². The fourth-order valence-electron chi connectivity index (χ4n) is 4.54. The van der Waals surface area contributed by atoms with E-state index in [9.17, 15) is 24.3 Å². The number of ether oxygens (including phenoxy) is 4. The molecule has 0 unspecified atom stereocenters. The molecule has 4 aromatic rings. The van der Waals surface area contributed by atoms with Gasteiger partial charge in [0.25, 0.3) is 0 Å². The summed E-state index contributed by atoms with van der Waals surface area (Å²) in [4.78, 5) is 52.5. The van der Waals surface area contributed by atoms with Gasteiger partial charge in [-0.05, 0) is 48.5 Å². The van der Waals surface area contributed by atoms with Gasteiger partial charge in [0.1, 0.15) is 12.0 Å². The molecule has 0 aliphatic carbocycles. The van der Waals surface area contributed by atoms with Gasteiger partial charge in [0, 0.05) is 0 Å². The second kappa shape index (κ2) is 14.5. The van der Waals surface area contributed by atoms with E-state index >= 15 is 0 Å². The topological polar surface area (TPSA) is 125 Å². The molecule has 9 nitrogen and oxygen atoms in total. The zero-order valence-corrected chi connectivity index (χ0v) is 24.1. The molecule has 0 radical (unpaired) electrons. The number of carbonyl (C=O) groups excluding carboxylic acids is 4. The molecule has 1 saturated heterocycles. The molecule has 0 amide bonds. The van der Waals surface area contributed by atoms with E-state index in [-0.39, 0.29) is 23.3 Å². The Kier molecular flexibility index (Phi) is 10.1. The molecule has 1 aliphatic rings. The van der Waals surface area contributed by atoms with Gasteiger partial charge in [0.05, 0.1) is 27.5 Å². The Hall–Kier alpha value is -4.93. The standard InChI is InChI=1S/C34H28O9S/c35-30(22-13-5-1-6-14-22)40-21-26-27(41-31(36)23-15-7-2-8-16-23)28(42-32(37)24-17-9-3-10-18-24)29(34(39)44-26)43-33(38)25-19-11-4-12-20-25/h1-20,26-29,34,39H,21H2/t26-,27+,28-,29+,34-/m0/s1. The molecule has 1 heterocycles. The average molecular weight is 613 g/mol. The Balaban J connectivity index is 1.48. The first kappa shape index (κ1) is 30.5. The second-order valence-corrected chi connectivity index (χ2v) is 11.1. The Bertz CT molecular complexity index is 1570. The summed E-state index contributed by atoms with van der Waals surface area (Å²) in [5.74, 6) is -2.96. The van der Waals surface area contributed by atoms with Crippen molar-refractivity contribution in [3.05, 3.63) is 144 Å². The molecule has 4 aromatic carbocycles. The number of benzene rings is 4. The lowest BCUT2D eigenvalue weighted by molar-refractivity contribution is -0.114. The highest BCUT2D eigenvalue weighted by molar-refractivity contribution is 8.00. The zero-order valence-electron chi connectivity index (χ0n) is 23.3. The van der Waals surface area contributed by atoms with Gasteiger partial charge in [-0.25, -0.2) is 19.2 Å². The predicted octanol–water partition coefficient (Wildman–Crippen LogP) is 4.95. The van der Waals surface area contributed by atoms with Crippen LogP contribution in [-0.2, 0) is 18.9 Å². The number of thioether (sulfide) groups is 1. The van der Waals surface area contributed by atoms with Crippen molar-refractivity contribution >= 4 is 35.6 Å². The highest BCUT2D eigenvalue weighted by atomic mass is 32.2. The normalized spacial score (nSPS) is 21.0. The third-order valence-electron chi connectivity index (χ3n) is 6.76. The van der Waals surface area contributed by atoms with Gasteiger partial charge in [0.15, 0.2) is 18.3 Å². The number of aliphatic hydroxyl groups excluding tert-OH is 1. The maximum Gasteiger partial charge on any atom is 0.338 e. The van der Waals surface area contributed by atoms with E-state index in [1.165, 1.54) is 24.3 Å². The monoisotopic (exact) mass is 612 g/mol. The van der Waals surface area contributed by atoms with Crippen molar-refractivity contribution in [2.45, 2.75) is 29.0 Å². The van der Waals surface area contributed by atoms with Crippen LogP contribution in [0.15, 0.2) is 121 Å². The molecular formula is C34H28O9S. The van der Waals surface area contributed by atoms with Crippen molar-refractivity contribution in [2.24, 2.45) is 0 Å². The summed E-state index contributed by atoms with van der Waals surface area (Å²) >= 11 is 0.873. The number of rotatable bonds is 9. The number of carbonyl (C=O) groups is 4. The smallest absolute Gasteiger partial charge is 0.338 e. The fourth-order valence-corrected chi connectivity index (χ4v) is 5.78. The van der Waals surface area contributed by atoms with Crippen LogP contribution in [0.5, 0.6) is 0 Å². The van der Waals surface area contributed by atoms with Gasteiger partial charge < -0.3 is 24.1 Å². The van der Waals surface area contributed by atoms with Crippen LogP contribution in [0.4, 0.5) is 0 Å². The molecule has 10 heteroatoms. The molecule has 5 rings (SSSR count). The van der Waals surface area contributed by atoms with E-state index < -0.39 is 52.9 Å². The van der Waals surface area contributed by atoms with E-state index in [0.29, 0.717) is 5.56 Å². The molecule has 0 bridgehead atoms. The number of esters is 4. The molecule has 0 spiro atoms. The Morgan fingerprint density at radius 3 is 1.25 bits per heavy atom. The van der Waals surface area contributed by atoms with Gasteiger partial charge >= 0.3 is 23.9 Å². The van der Waals surface area contributed by atoms with Crippen LogP contribution in [0.3, 0.4) is 0 Å².